The molecule has 3 saturated heterocycles. The van der Waals surface area contributed by atoms with Crippen molar-refractivity contribution in [2.45, 2.75) is 18.6 Å². The average molecular weight is 545 g/mol. The number of benzene rings is 2. The first kappa shape index (κ1) is 25.8. The minimum absolute atomic E-state index is 0.0850. The first-order chi connectivity index (χ1) is 19.2. The van der Waals surface area contributed by atoms with Crippen LogP contribution < -0.4 is 15.0 Å². The third-order valence-electron chi connectivity index (χ3n) is 7.53. The van der Waals surface area contributed by atoms with Crippen LogP contribution in [0.5, 0.6) is 5.75 Å². The molecule has 4 heterocycles. The third kappa shape index (κ3) is 5.94. The fraction of sp³-hybridized carbons (Fsp3) is 0.429. The first-order valence-electron chi connectivity index (χ1n) is 13.3. The molecule has 6 rings (SSSR count). The van der Waals surface area contributed by atoms with Gasteiger partial charge in [0.05, 0.1) is 24.8 Å². The van der Waals surface area contributed by atoms with Crippen molar-refractivity contribution in [3.63, 3.8) is 0 Å². The van der Waals surface area contributed by atoms with E-state index in [9.17, 15) is 5.26 Å². The number of nitrogens with one attached hydrogen (secondary N) is 1. The summed E-state index contributed by atoms with van der Waals surface area (Å²) < 4.78 is 13.8. The van der Waals surface area contributed by atoms with Gasteiger partial charge in [0, 0.05) is 56.2 Å². The Morgan fingerprint density at radius 3 is 2.56 bits per heavy atom. The van der Waals surface area contributed by atoms with Gasteiger partial charge < -0.3 is 19.7 Å². The van der Waals surface area contributed by atoms with Gasteiger partial charge in [-0.1, -0.05) is 11.9 Å². The van der Waals surface area contributed by atoms with E-state index in [0.29, 0.717) is 29.1 Å². The summed E-state index contributed by atoms with van der Waals surface area (Å²) >= 11 is 1.72. The fourth-order valence-electron chi connectivity index (χ4n) is 5.16. The maximum Gasteiger partial charge on any atom is 0.230 e. The summed E-state index contributed by atoms with van der Waals surface area (Å²) in [7, 11) is 0. The molecular weight excluding hydrogens is 512 g/mol. The Balaban J connectivity index is 1.09. The Morgan fingerprint density at radius 2 is 1.87 bits per heavy atom. The zero-order chi connectivity index (χ0) is 26.6. The van der Waals surface area contributed by atoms with Gasteiger partial charge in [0.15, 0.2) is 5.82 Å². The second-order valence-corrected chi connectivity index (χ2v) is 10.8. The summed E-state index contributed by atoms with van der Waals surface area (Å²) in [5.41, 5.74) is 3.33. The lowest BCUT2D eigenvalue weighted by Crippen LogP contribution is -2.56. The number of rotatable bonds is 8. The molecule has 0 saturated carbocycles. The first-order valence-corrected chi connectivity index (χ1v) is 14.5. The molecular formula is C28H32N8O2S. The maximum atomic E-state index is 9.76. The van der Waals surface area contributed by atoms with Crippen LogP contribution in [-0.4, -0.2) is 95.0 Å². The molecule has 0 bridgehead atoms. The minimum atomic E-state index is 0.0850. The Hall–Kier alpha value is -3.43. The maximum absolute atomic E-state index is 9.76. The SMILES string of the molecule is CSN1CCC(Oc2ccc(-c3ncnc(Nc4ccc(N5CCN(C6COC6)CC5)cc4)n3)cc2C#N)C1. The van der Waals surface area contributed by atoms with Gasteiger partial charge in [-0.3, -0.25) is 4.90 Å². The van der Waals surface area contributed by atoms with E-state index in [1.54, 1.807) is 18.0 Å². The number of ether oxygens (including phenoxy) is 2. The van der Waals surface area contributed by atoms with Crippen LogP contribution in [0, 0.1) is 11.3 Å². The van der Waals surface area contributed by atoms with Gasteiger partial charge in [-0.05, 0) is 55.1 Å². The molecule has 1 aromatic heterocycles. The van der Waals surface area contributed by atoms with E-state index in [4.69, 9.17) is 9.47 Å². The Kier molecular flexibility index (Phi) is 7.78. The molecule has 11 heteroatoms. The van der Waals surface area contributed by atoms with Crippen molar-refractivity contribution in [2.24, 2.45) is 0 Å². The number of anilines is 3. The largest absolute Gasteiger partial charge is 0.488 e. The monoisotopic (exact) mass is 544 g/mol. The van der Waals surface area contributed by atoms with Gasteiger partial charge in [-0.25, -0.2) is 14.3 Å². The highest BCUT2D eigenvalue weighted by Crippen LogP contribution is 2.29. The van der Waals surface area contributed by atoms with Gasteiger partial charge in [-0.2, -0.15) is 10.2 Å². The molecule has 202 valence electrons. The molecule has 39 heavy (non-hydrogen) atoms. The smallest absolute Gasteiger partial charge is 0.230 e. The predicted octanol–water partition coefficient (Wildman–Crippen LogP) is 3.41. The van der Waals surface area contributed by atoms with Crippen LogP contribution in [0.3, 0.4) is 0 Å². The number of nitrogens with zero attached hydrogens (tertiary/aromatic N) is 7. The molecule has 3 aliphatic heterocycles. The van der Waals surface area contributed by atoms with E-state index in [1.165, 1.54) is 12.0 Å². The molecule has 1 atom stereocenters. The van der Waals surface area contributed by atoms with E-state index in [-0.39, 0.29) is 6.10 Å². The molecule has 2 aromatic carbocycles. The van der Waals surface area contributed by atoms with Crippen LogP contribution in [0.15, 0.2) is 48.8 Å². The van der Waals surface area contributed by atoms with Crippen molar-refractivity contribution in [3.05, 3.63) is 54.4 Å². The molecule has 0 amide bonds. The fourth-order valence-corrected chi connectivity index (χ4v) is 5.76. The van der Waals surface area contributed by atoms with Crippen molar-refractivity contribution in [1.29, 1.82) is 5.26 Å². The van der Waals surface area contributed by atoms with E-state index in [2.05, 4.69) is 58.8 Å². The molecule has 3 aromatic rings. The Labute approximate surface area is 233 Å². The minimum Gasteiger partial charge on any atom is -0.488 e. The van der Waals surface area contributed by atoms with Crippen LogP contribution in [0.25, 0.3) is 11.4 Å². The van der Waals surface area contributed by atoms with Crippen molar-refractivity contribution in [2.75, 3.05) is 69.0 Å². The molecule has 3 fully saturated rings. The standard InChI is InChI=1S/C28H32N8O2S/c1-39-36-9-8-25(16-36)38-26-7-2-20(14-21(26)15-29)27-30-19-31-28(33-27)32-22-3-5-23(6-4-22)34-10-12-35(13-11-34)24-17-37-18-24/h2-7,14,19,24-25H,8-13,16-18H2,1H3,(H,30,31,32,33). The lowest BCUT2D eigenvalue weighted by atomic mass is 10.1. The molecule has 3 aliphatic rings. The second-order valence-electron chi connectivity index (χ2n) is 9.94. The molecule has 0 radical (unpaired) electrons. The second kappa shape index (κ2) is 11.8. The number of hydrogen-bond acceptors (Lipinski definition) is 11. The van der Waals surface area contributed by atoms with Gasteiger partial charge in [0.2, 0.25) is 5.95 Å². The average Bonchev–Trinajstić information content (AvgIpc) is 3.41. The Morgan fingerprint density at radius 1 is 1.05 bits per heavy atom. The molecule has 1 unspecified atom stereocenters. The molecule has 1 N–H and O–H groups in total. The zero-order valence-corrected chi connectivity index (χ0v) is 22.8. The van der Waals surface area contributed by atoms with E-state index >= 15 is 0 Å². The van der Waals surface area contributed by atoms with Crippen molar-refractivity contribution < 1.29 is 9.47 Å². The van der Waals surface area contributed by atoms with Crippen LogP contribution in [0.1, 0.15) is 12.0 Å². The highest BCUT2D eigenvalue weighted by atomic mass is 32.2. The summed E-state index contributed by atoms with van der Waals surface area (Å²) in [5.74, 6) is 1.54. The summed E-state index contributed by atoms with van der Waals surface area (Å²) in [6.07, 6.45) is 4.59. The lowest BCUT2D eigenvalue weighted by Gasteiger charge is -2.43. The van der Waals surface area contributed by atoms with E-state index in [1.807, 2.05) is 24.3 Å². The van der Waals surface area contributed by atoms with Gasteiger partial charge in [0.25, 0.3) is 0 Å². The predicted molar refractivity (Wildman–Crippen MR) is 152 cm³/mol. The number of aromatic nitrogens is 3. The van der Waals surface area contributed by atoms with Gasteiger partial charge in [0.1, 0.15) is 24.3 Å². The number of nitriles is 1. The van der Waals surface area contributed by atoms with E-state index in [0.717, 1.165) is 70.2 Å². The normalized spacial score (nSPS) is 20.4. The van der Waals surface area contributed by atoms with Crippen molar-refractivity contribution in [3.8, 4) is 23.2 Å². The summed E-state index contributed by atoms with van der Waals surface area (Å²) in [6.45, 7) is 7.76. The van der Waals surface area contributed by atoms with Crippen LogP contribution in [0.2, 0.25) is 0 Å². The van der Waals surface area contributed by atoms with E-state index < -0.39 is 0 Å². The van der Waals surface area contributed by atoms with Crippen LogP contribution in [-0.2, 0) is 4.74 Å². The highest BCUT2D eigenvalue weighted by molar-refractivity contribution is 7.96. The van der Waals surface area contributed by atoms with Crippen LogP contribution >= 0.6 is 11.9 Å². The van der Waals surface area contributed by atoms with Crippen molar-refractivity contribution >= 4 is 29.3 Å². The topological polar surface area (TPSA) is 103 Å². The summed E-state index contributed by atoms with van der Waals surface area (Å²) in [4.78, 5) is 18.2. The van der Waals surface area contributed by atoms with Crippen LogP contribution in [0.4, 0.5) is 17.3 Å². The quantitative estimate of drug-likeness (QED) is 0.422. The summed E-state index contributed by atoms with van der Waals surface area (Å²) in [6, 6.07) is 16.7. The number of piperazine rings is 1. The number of hydrogen-bond donors (Lipinski definition) is 1. The molecule has 10 nitrogen and oxygen atoms in total. The summed E-state index contributed by atoms with van der Waals surface area (Å²) in [5, 5.41) is 13.0. The lowest BCUT2D eigenvalue weighted by molar-refractivity contribution is -0.0660. The van der Waals surface area contributed by atoms with Crippen molar-refractivity contribution in [1.82, 2.24) is 24.2 Å². The molecule has 0 spiro atoms. The Bertz CT molecular complexity index is 1320. The van der Waals surface area contributed by atoms with Gasteiger partial charge in [-0.15, -0.1) is 0 Å². The highest BCUT2D eigenvalue weighted by Gasteiger charge is 2.29. The third-order valence-corrected chi connectivity index (χ3v) is 8.38. The van der Waals surface area contributed by atoms with Gasteiger partial charge >= 0.3 is 0 Å². The molecule has 0 aliphatic carbocycles. The zero-order valence-electron chi connectivity index (χ0n) is 22.0.